The molecule has 1 atom stereocenters. The summed E-state index contributed by atoms with van der Waals surface area (Å²) in [6.07, 6.45) is 3.18. The zero-order chi connectivity index (χ0) is 14.3. The summed E-state index contributed by atoms with van der Waals surface area (Å²) in [4.78, 5) is 12.1. The zero-order valence-corrected chi connectivity index (χ0v) is 12.3. The van der Waals surface area contributed by atoms with E-state index in [0.29, 0.717) is 31.2 Å². The molecule has 1 unspecified atom stereocenters. The van der Waals surface area contributed by atoms with E-state index >= 15 is 0 Å². The van der Waals surface area contributed by atoms with Gasteiger partial charge in [-0.1, -0.05) is 13.3 Å². The fraction of sp³-hybridized carbons (Fsp3) is 0.714. The van der Waals surface area contributed by atoms with E-state index < -0.39 is 0 Å². The summed E-state index contributed by atoms with van der Waals surface area (Å²) in [5.74, 6) is 0.429. The highest BCUT2D eigenvalue weighted by molar-refractivity contribution is 5.92. The summed E-state index contributed by atoms with van der Waals surface area (Å²) in [6, 6.07) is 1.83. The SMILES string of the molecule is CCCC(CCN)CNC(=O)c1cc(C)nn1CC. The molecule has 1 heterocycles. The van der Waals surface area contributed by atoms with Crippen LogP contribution in [0.3, 0.4) is 0 Å². The zero-order valence-electron chi connectivity index (χ0n) is 12.3. The maximum atomic E-state index is 12.1. The number of nitrogens with zero attached hydrogens (tertiary/aromatic N) is 2. The van der Waals surface area contributed by atoms with Crippen molar-refractivity contribution in [2.24, 2.45) is 11.7 Å². The molecule has 0 bridgehead atoms. The van der Waals surface area contributed by atoms with Gasteiger partial charge in [0, 0.05) is 13.1 Å². The first-order chi connectivity index (χ1) is 9.12. The maximum Gasteiger partial charge on any atom is 0.269 e. The van der Waals surface area contributed by atoms with Gasteiger partial charge in [0.25, 0.3) is 5.91 Å². The van der Waals surface area contributed by atoms with E-state index in [1.165, 1.54) is 0 Å². The highest BCUT2D eigenvalue weighted by Gasteiger charge is 2.14. The van der Waals surface area contributed by atoms with Crippen molar-refractivity contribution in [3.63, 3.8) is 0 Å². The molecule has 5 nitrogen and oxygen atoms in total. The van der Waals surface area contributed by atoms with Crippen LogP contribution in [-0.4, -0.2) is 28.8 Å². The summed E-state index contributed by atoms with van der Waals surface area (Å²) in [7, 11) is 0. The van der Waals surface area contributed by atoms with Crippen LogP contribution in [-0.2, 0) is 6.54 Å². The standard InChI is InChI=1S/C14H26N4O/c1-4-6-12(7-8-15)10-16-14(19)13-9-11(3)17-18(13)5-2/h9,12H,4-8,10,15H2,1-3H3,(H,16,19). The second-order valence-corrected chi connectivity index (χ2v) is 4.93. The summed E-state index contributed by atoms with van der Waals surface area (Å²) < 4.78 is 1.74. The molecule has 5 heteroatoms. The number of carbonyl (C=O) groups excluding carboxylic acids is 1. The van der Waals surface area contributed by atoms with Gasteiger partial charge in [0.05, 0.1) is 5.69 Å². The van der Waals surface area contributed by atoms with Crippen molar-refractivity contribution in [2.75, 3.05) is 13.1 Å². The lowest BCUT2D eigenvalue weighted by Crippen LogP contribution is -2.31. The molecule has 3 N–H and O–H groups in total. The number of aromatic nitrogens is 2. The number of hydrogen-bond acceptors (Lipinski definition) is 3. The van der Waals surface area contributed by atoms with Crippen molar-refractivity contribution >= 4 is 5.91 Å². The van der Waals surface area contributed by atoms with Gasteiger partial charge in [0.15, 0.2) is 0 Å². The molecule has 0 saturated heterocycles. The third kappa shape index (κ3) is 4.67. The summed E-state index contributed by atoms with van der Waals surface area (Å²) in [5, 5.41) is 7.29. The lowest BCUT2D eigenvalue weighted by atomic mass is 10.00. The van der Waals surface area contributed by atoms with Gasteiger partial charge in [-0.2, -0.15) is 5.10 Å². The van der Waals surface area contributed by atoms with Crippen molar-refractivity contribution in [1.29, 1.82) is 0 Å². The van der Waals surface area contributed by atoms with E-state index in [9.17, 15) is 4.79 Å². The molecule has 19 heavy (non-hydrogen) atoms. The van der Waals surface area contributed by atoms with Gasteiger partial charge >= 0.3 is 0 Å². The van der Waals surface area contributed by atoms with Gasteiger partial charge in [-0.25, -0.2) is 0 Å². The van der Waals surface area contributed by atoms with Gasteiger partial charge in [-0.3, -0.25) is 9.48 Å². The van der Waals surface area contributed by atoms with Crippen molar-refractivity contribution in [3.05, 3.63) is 17.5 Å². The smallest absolute Gasteiger partial charge is 0.269 e. The molecule has 0 fully saturated rings. The highest BCUT2D eigenvalue weighted by atomic mass is 16.2. The molecule has 1 aromatic heterocycles. The average molecular weight is 266 g/mol. The van der Waals surface area contributed by atoms with Crippen LogP contribution < -0.4 is 11.1 Å². The molecular weight excluding hydrogens is 240 g/mol. The first-order valence-corrected chi connectivity index (χ1v) is 7.15. The monoisotopic (exact) mass is 266 g/mol. The number of nitrogens with two attached hydrogens (primary N) is 1. The summed E-state index contributed by atoms with van der Waals surface area (Å²) in [6.45, 7) is 8.11. The molecular formula is C14H26N4O. The molecule has 108 valence electrons. The van der Waals surface area contributed by atoms with Crippen LogP contribution >= 0.6 is 0 Å². The van der Waals surface area contributed by atoms with Crippen molar-refractivity contribution in [2.45, 2.75) is 46.6 Å². The number of aryl methyl sites for hydroxylation is 2. The number of nitrogens with one attached hydrogen (secondary N) is 1. The molecule has 0 aliphatic heterocycles. The van der Waals surface area contributed by atoms with Gasteiger partial charge in [0.2, 0.25) is 0 Å². The molecule has 0 aliphatic rings. The predicted octanol–water partition coefficient (Wildman–Crippen LogP) is 1.71. The van der Waals surface area contributed by atoms with E-state index in [1.807, 2.05) is 19.9 Å². The van der Waals surface area contributed by atoms with Crippen LogP contribution in [0.25, 0.3) is 0 Å². The molecule has 0 aromatic carbocycles. The molecule has 0 saturated carbocycles. The first-order valence-electron chi connectivity index (χ1n) is 7.15. The highest BCUT2D eigenvalue weighted by Crippen LogP contribution is 2.10. The molecule has 0 spiro atoms. The van der Waals surface area contributed by atoms with E-state index in [-0.39, 0.29) is 5.91 Å². The van der Waals surface area contributed by atoms with Crippen LogP contribution in [0.15, 0.2) is 6.07 Å². The Labute approximate surface area is 115 Å². The molecule has 0 radical (unpaired) electrons. The van der Waals surface area contributed by atoms with Crippen LogP contribution in [0.4, 0.5) is 0 Å². The van der Waals surface area contributed by atoms with Gasteiger partial charge in [0.1, 0.15) is 5.69 Å². The minimum absolute atomic E-state index is 0.0411. The summed E-state index contributed by atoms with van der Waals surface area (Å²) in [5.41, 5.74) is 7.12. The fourth-order valence-corrected chi connectivity index (χ4v) is 2.29. The maximum absolute atomic E-state index is 12.1. The normalized spacial score (nSPS) is 12.4. The van der Waals surface area contributed by atoms with Crippen LogP contribution in [0.1, 0.15) is 49.3 Å². The Morgan fingerprint density at radius 3 is 2.79 bits per heavy atom. The Morgan fingerprint density at radius 1 is 1.47 bits per heavy atom. The van der Waals surface area contributed by atoms with Crippen LogP contribution in [0, 0.1) is 12.8 Å². The first kappa shape index (κ1) is 15.7. The second-order valence-electron chi connectivity index (χ2n) is 4.93. The third-order valence-corrected chi connectivity index (χ3v) is 3.26. The van der Waals surface area contributed by atoms with Gasteiger partial charge in [-0.15, -0.1) is 0 Å². The minimum atomic E-state index is -0.0411. The number of hydrogen-bond donors (Lipinski definition) is 2. The third-order valence-electron chi connectivity index (χ3n) is 3.26. The quantitative estimate of drug-likeness (QED) is 0.752. The number of carbonyl (C=O) groups is 1. The topological polar surface area (TPSA) is 72.9 Å². The molecule has 1 amide bonds. The number of amides is 1. The number of rotatable bonds is 8. The Bertz CT molecular complexity index is 394. The minimum Gasteiger partial charge on any atom is -0.350 e. The Hall–Kier alpha value is -1.36. The molecule has 1 aromatic rings. The van der Waals surface area contributed by atoms with E-state index in [0.717, 1.165) is 25.0 Å². The Morgan fingerprint density at radius 2 is 2.21 bits per heavy atom. The lowest BCUT2D eigenvalue weighted by molar-refractivity contribution is 0.0935. The van der Waals surface area contributed by atoms with Crippen molar-refractivity contribution in [3.8, 4) is 0 Å². The lowest BCUT2D eigenvalue weighted by Gasteiger charge is -2.16. The van der Waals surface area contributed by atoms with E-state index in [1.54, 1.807) is 4.68 Å². The van der Waals surface area contributed by atoms with Crippen molar-refractivity contribution < 1.29 is 4.79 Å². The van der Waals surface area contributed by atoms with Crippen LogP contribution in [0.5, 0.6) is 0 Å². The predicted molar refractivity (Wildman–Crippen MR) is 77.0 cm³/mol. The average Bonchev–Trinajstić information content (AvgIpc) is 2.77. The molecule has 1 rings (SSSR count). The van der Waals surface area contributed by atoms with E-state index in [2.05, 4.69) is 17.3 Å². The molecule has 0 aliphatic carbocycles. The fourth-order valence-electron chi connectivity index (χ4n) is 2.29. The van der Waals surface area contributed by atoms with Gasteiger partial charge in [-0.05, 0) is 45.2 Å². The Kier molecular flexibility index (Phi) is 6.56. The largest absolute Gasteiger partial charge is 0.350 e. The Balaban J connectivity index is 2.58. The van der Waals surface area contributed by atoms with Gasteiger partial charge < -0.3 is 11.1 Å². The van der Waals surface area contributed by atoms with Crippen molar-refractivity contribution in [1.82, 2.24) is 15.1 Å². The second kappa shape index (κ2) is 7.94. The van der Waals surface area contributed by atoms with E-state index in [4.69, 9.17) is 5.73 Å². The van der Waals surface area contributed by atoms with Crippen LogP contribution in [0.2, 0.25) is 0 Å². The summed E-state index contributed by atoms with van der Waals surface area (Å²) >= 11 is 0.